The van der Waals surface area contributed by atoms with Crippen LogP contribution >= 0.6 is 0 Å². The summed E-state index contributed by atoms with van der Waals surface area (Å²) in [7, 11) is 0. The minimum absolute atomic E-state index is 0.192. The Morgan fingerprint density at radius 2 is 1.90 bits per heavy atom. The summed E-state index contributed by atoms with van der Waals surface area (Å²) in [6.45, 7) is 2.53. The zero-order valence-electron chi connectivity index (χ0n) is 16.1. The molecule has 7 nitrogen and oxygen atoms in total. The average molecular weight is 402 g/mol. The summed E-state index contributed by atoms with van der Waals surface area (Å²) in [6, 6.07) is 8.84. The molecular formula is C21H23FN2O5. The van der Waals surface area contributed by atoms with Crippen molar-refractivity contribution in [2.45, 2.75) is 32.4 Å². The van der Waals surface area contributed by atoms with Gasteiger partial charge in [0.2, 0.25) is 0 Å². The molecule has 0 radical (unpaired) electrons. The SMILES string of the molecule is C[C@H](OC(=O)C1CCN(C(=O)c2ccc(F)cc2)CC1)C(=O)NCc1ccco1. The highest BCUT2D eigenvalue weighted by atomic mass is 19.1. The fraction of sp³-hybridized carbons (Fsp3) is 0.381. The molecule has 1 aromatic heterocycles. The molecule has 1 aliphatic rings. The largest absolute Gasteiger partial charge is 0.467 e. The number of nitrogens with zero attached hydrogens (tertiary/aromatic N) is 1. The van der Waals surface area contributed by atoms with Gasteiger partial charge in [0.05, 0.1) is 18.7 Å². The summed E-state index contributed by atoms with van der Waals surface area (Å²) in [5.41, 5.74) is 0.411. The van der Waals surface area contributed by atoms with Gasteiger partial charge in [0.15, 0.2) is 6.10 Å². The Hall–Kier alpha value is -3.16. The number of carbonyl (C=O) groups is 3. The third-order valence-electron chi connectivity index (χ3n) is 4.89. The van der Waals surface area contributed by atoms with E-state index < -0.39 is 23.8 Å². The highest BCUT2D eigenvalue weighted by molar-refractivity contribution is 5.94. The van der Waals surface area contributed by atoms with E-state index in [9.17, 15) is 18.8 Å². The van der Waals surface area contributed by atoms with E-state index in [1.54, 1.807) is 17.0 Å². The van der Waals surface area contributed by atoms with E-state index in [4.69, 9.17) is 9.15 Å². The summed E-state index contributed by atoms with van der Waals surface area (Å²) in [5, 5.41) is 2.65. The molecule has 3 rings (SSSR count). The number of furan rings is 1. The van der Waals surface area contributed by atoms with Crippen LogP contribution in [-0.4, -0.2) is 41.9 Å². The lowest BCUT2D eigenvalue weighted by atomic mass is 9.96. The van der Waals surface area contributed by atoms with Crippen LogP contribution in [0.25, 0.3) is 0 Å². The van der Waals surface area contributed by atoms with Crippen LogP contribution in [0.5, 0.6) is 0 Å². The lowest BCUT2D eigenvalue weighted by Gasteiger charge is -2.31. The number of benzene rings is 1. The topological polar surface area (TPSA) is 88.8 Å². The molecule has 8 heteroatoms. The van der Waals surface area contributed by atoms with Crippen molar-refractivity contribution in [2.24, 2.45) is 5.92 Å². The number of piperidine rings is 1. The van der Waals surface area contributed by atoms with Gasteiger partial charge in [0, 0.05) is 18.7 Å². The van der Waals surface area contributed by atoms with Crippen molar-refractivity contribution < 1.29 is 27.9 Å². The molecule has 29 heavy (non-hydrogen) atoms. The Morgan fingerprint density at radius 1 is 1.21 bits per heavy atom. The van der Waals surface area contributed by atoms with Crippen molar-refractivity contribution in [1.82, 2.24) is 10.2 Å². The quantitative estimate of drug-likeness (QED) is 0.750. The number of hydrogen-bond acceptors (Lipinski definition) is 5. The first kappa shape index (κ1) is 20.6. The summed E-state index contributed by atoms with van der Waals surface area (Å²) in [6.07, 6.45) is 1.49. The highest BCUT2D eigenvalue weighted by Gasteiger charge is 2.30. The maximum absolute atomic E-state index is 13.0. The van der Waals surface area contributed by atoms with Crippen LogP contribution in [-0.2, 0) is 20.9 Å². The zero-order valence-corrected chi connectivity index (χ0v) is 16.1. The van der Waals surface area contributed by atoms with Crippen LogP contribution in [0.15, 0.2) is 47.1 Å². The Balaban J connectivity index is 1.43. The van der Waals surface area contributed by atoms with Crippen molar-refractivity contribution in [3.63, 3.8) is 0 Å². The van der Waals surface area contributed by atoms with E-state index in [0.717, 1.165) is 0 Å². The van der Waals surface area contributed by atoms with Crippen LogP contribution in [0, 0.1) is 11.7 Å². The van der Waals surface area contributed by atoms with Crippen molar-refractivity contribution in [3.8, 4) is 0 Å². The average Bonchev–Trinajstić information content (AvgIpc) is 3.25. The fourth-order valence-corrected chi connectivity index (χ4v) is 3.15. The normalized spacial score (nSPS) is 15.6. The number of rotatable bonds is 6. The second kappa shape index (κ2) is 9.36. The fourth-order valence-electron chi connectivity index (χ4n) is 3.15. The molecule has 0 aliphatic carbocycles. The second-order valence-corrected chi connectivity index (χ2v) is 6.95. The predicted molar refractivity (Wildman–Crippen MR) is 101 cm³/mol. The van der Waals surface area contributed by atoms with Gasteiger partial charge in [-0.1, -0.05) is 0 Å². The van der Waals surface area contributed by atoms with E-state index in [-0.39, 0.29) is 18.4 Å². The maximum atomic E-state index is 13.0. The smallest absolute Gasteiger partial charge is 0.309 e. The number of halogens is 1. The van der Waals surface area contributed by atoms with Crippen LogP contribution in [0.1, 0.15) is 35.9 Å². The highest BCUT2D eigenvalue weighted by Crippen LogP contribution is 2.21. The maximum Gasteiger partial charge on any atom is 0.309 e. The Labute approximate surface area is 167 Å². The van der Waals surface area contributed by atoms with E-state index in [1.165, 1.54) is 37.5 Å². The third kappa shape index (κ3) is 5.43. The Kier molecular flexibility index (Phi) is 6.64. The summed E-state index contributed by atoms with van der Waals surface area (Å²) >= 11 is 0. The molecule has 1 atom stereocenters. The summed E-state index contributed by atoms with van der Waals surface area (Å²) in [5.74, 6) is -1.20. The minimum atomic E-state index is -0.920. The van der Waals surface area contributed by atoms with Crippen molar-refractivity contribution in [2.75, 3.05) is 13.1 Å². The molecule has 1 fully saturated rings. The first-order valence-corrected chi connectivity index (χ1v) is 9.49. The van der Waals surface area contributed by atoms with Gasteiger partial charge in [-0.3, -0.25) is 14.4 Å². The van der Waals surface area contributed by atoms with Gasteiger partial charge in [0.1, 0.15) is 11.6 Å². The van der Waals surface area contributed by atoms with Crippen LogP contribution in [0.2, 0.25) is 0 Å². The molecule has 154 valence electrons. The molecule has 1 saturated heterocycles. The van der Waals surface area contributed by atoms with E-state index in [2.05, 4.69) is 5.32 Å². The van der Waals surface area contributed by atoms with Gasteiger partial charge in [0.25, 0.3) is 11.8 Å². The number of likely N-dealkylation sites (tertiary alicyclic amines) is 1. The molecular weight excluding hydrogens is 379 g/mol. The number of ether oxygens (including phenoxy) is 1. The molecule has 2 aromatic rings. The van der Waals surface area contributed by atoms with E-state index >= 15 is 0 Å². The first-order valence-electron chi connectivity index (χ1n) is 9.49. The minimum Gasteiger partial charge on any atom is -0.467 e. The molecule has 1 N–H and O–H groups in total. The van der Waals surface area contributed by atoms with E-state index in [0.29, 0.717) is 37.3 Å². The van der Waals surface area contributed by atoms with Crippen molar-refractivity contribution >= 4 is 17.8 Å². The monoisotopic (exact) mass is 402 g/mol. The number of carbonyl (C=O) groups excluding carboxylic acids is 3. The molecule has 0 spiro atoms. The lowest BCUT2D eigenvalue weighted by molar-refractivity contribution is -0.160. The van der Waals surface area contributed by atoms with Crippen molar-refractivity contribution in [3.05, 3.63) is 59.8 Å². The molecule has 0 bridgehead atoms. The molecule has 1 aliphatic heterocycles. The molecule has 1 aromatic carbocycles. The van der Waals surface area contributed by atoms with E-state index in [1.807, 2.05) is 0 Å². The van der Waals surface area contributed by atoms with Crippen LogP contribution < -0.4 is 5.32 Å². The molecule has 2 heterocycles. The Morgan fingerprint density at radius 3 is 2.52 bits per heavy atom. The predicted octanol–water partition coefficient (Wildman–Crippen LogP) is 2.52. The lowest BCUT2D eigenvalue weighted by Crippen LogP contribution is -2.42. The number of esters is 1. The number of hydrogen-bond donors (Lipinski definition) is 1. The number of nitrogens with one attached hydrogen (secondary N) is 1. The standard InChI is InChI=1S/C21H23FN2O5/c1-14(19(25)23-13-18-3-2-12-28-18)29-21(27)16-8-10-24(11-9-16)20(26)15-4-6-17(22)7-5-15/h2-7,12,14,16H,8-11,13H2,1H3,(H,23,25)/t14-/m0/s1. The van der Waals surface area contributed by atoms with Crippen LogP contribution in [0.4, 0.5) is 4.39 Å². The molecule has 0 unspecified atom stereocenters. The Bertz CT molecular complexity index is 842. The zero-order chi connectivity index (χ0) is 20.8. The third-order valence-corrected chi connectivity index (χ3v) is 4.89. The van der Waals surface area contributed by atoms with Gasteiger partial charge in [-0.05, 0) is 56.2 Å². The van der Waals surface area contributed by atoms with Gasteiger partial charge in [-0.2, -0.15) is 0 Å². The molecule has 2 amide bonds. The first-order chi connectivity index (χ1) is 13.9. The second-order valence-electron chi connectivity index (χ2n) is 6.95. The summed E-state index contributed by atoms with van der Waals surface area (Å²) < 4.78 is 23.4. The van der Waals surface area contributed by atoms with Crippen LogP contribution in [0.3, 0.4) is 0 Å². The van der Waals surface area contributed by atoms with Gasteiger partial charge in [-0.15, -0.1) is 0 Å². The number of amides is 2. The molecule has 0 saturated carbocycles. The van der Waals surface area contributed by atoms with Gasteiger partial charge in [-0.25, -0.2) is 4.39 Å². The van der Waals surface area contributed by atoms with Crippen molar-refractivity contribution in [1.29, 1.82) is 0 Å². The van der Waals surface area contributed by atoms with Gasteiger partial charge < -0.3 is 19.4 Å². The summed E-state index contributed by atoms with van der Waals surface area (Å²) in [4.78, 5) is 38.5. The van der Waals surface area contributed by atoms with Gasteiger partial charge >= 0.3 is 5.97 Å².